The molecule has 2 N–H and O–H groups in total. The van der Waals surface area contributed by atoms with Crippen LogP contribution in [0.1, 0.15) is 11.8 Å². The quantitative estimate of drug-likeness (QED) is 0.755. The maximum Gasteiger partial charge on any atom is 0.463 e. The van der Waals surface area contributed by atoms with Crippen molar-refractivity contribution in [3.8, 4) is 0 Å². The molecule has 1 heterocycles. The van der Waals surface area contributed by atoms with E-state index in [4.69, 9.17) is 5.73 Å². The average Bonchev–Trinajstić information content (AvgIpc) is 2.49. The second kappa shape index (κ2) is 3.15. The van der Waals surface area contributed by atoms with Crippen molar-refractivity contribution in [3.05, 3.63) is 11.8 Å². The highest BCUT2D eigenvalue weighted by atomic mass is 19.4. The van der Waals surface area contributed by atoms with Crippen molar-refractivity contribution in [1.29, 1.82) is 0 Å². The number of hydrogen-bond donors (Lipinski definition) is 1. The molecule has 0 fully saturated rings. The minimum atomic E-state index is -5.76. The van der Waals surface area contributed by atoms with Gasteiger partial charge in [0.15, 0.2) is 0 Å². The summed E-state index contributed by atoms with van der Waals surface area (Å²) in [4.78, 5) is 0. The number of nitrogens with zero attached hydrogens (tertiary/aromatic N) is 2. The van der Waals surface area contributed by atoms with E-state index in [0.717, 1.165) is 0 Å². The lowest BCUT2D eigenvalue weighted by atomic mass is 10.3. The minimum Gasteiger partial charge on any atom is -0.418 e. The molecule has 9 heteroatoms. The first-order valence-corrected chi connectivity index (χ1v) is 3.26. The highest BCUT2D eigenvalue weighted by molar-refractivity contribution is 4.95. The van der Waals surface area contributed by atoms with E-state index in [9.17, 15) is 22.0 Å². The predicted molar refractivity (Wildman–Crippen MR) is 32.1 cm³/mol. The van der Waals surface area contributed by atoms with Crippen LogP contribution in [0, 0.1) is 0 Å². The Bertz CT molecular complexity index is 319. The molecule has 0 aliphatic heterocycles. The SMILES string of the molecule is NCc1nnc(C(F)(F)C(F)(F)F)o1. The number of halogens is 5. The second-order valence-electron chi connectivity index (χ2n) is 2.28. The van der Waals surface area contributed by atoms with Crippen LogP contribution in [0.2, 0.25) is 0 Å². The van der Waals surface area contributed by atoms with E-state index in [2.05, 4.69) is 14.6 Å². The molecular formula is C5H4F5N3O. The summed E-state index contributed by atoms with van der Waals surface area (Å²) in [7, 11) is 0. The van der Waals surface area contributed by atoms with Gasteiger partial charge in [-0.1, -0.05) is 0 Å². The first kappa shape index (κ1) is 10.8. The zero-order valence-corrected chi connectivity index (χ0v) is 6.48. The number of hydrogen-bond acceptors (Lipinski definition) is 4. The molecule has 0 atom stereocenters. The fourth-order valence-corrected chi connectivity index (χ4v) is 0.584. The van der Waals surface area contributed by atoms with Gasteiger partial charge in [-0.05, 0) is 0 Å². The molecule has 1 aromatic heterocycles. The van der Waals surface area contributed by atoms with Crippen molar-refractivity contribution in [2.45, 2.75) is 18.6 Å². The second-order valence-corrected chi connectivity index (χ2v) is 2.28. The maximum absolute atomic E-state index is 12.5. The van der Waals surface area contributed by atoms with Crippen molar-refractivity contribution in [3.63, 3.8) is 0 Å². The zero-order chi connectivity index (χ0) is 11.0. The highest BCUT2D eigenvalue weighted by Crippen LogP contribution is 2.42. The van der Waals surface area contributed by atoms with Crippen LogP contribution < -0.4 is 5.73 Å². The molecule has 4 nitrogen and oxygen atoms in total. The number of nitrogens with two attached hydrogens (primary N) is 1. The third-order valence-corrected chi connectivity index (χ3v) is 1.27. The van der Waals surface area contributed by atoms with Gasteiger partial charge in [-0.15, -0.1) is 10.2 Å². The van der Waals surface area contributed by atoms with Crippen molar-refractivity contribution >= 4 is 0 Å². The fourth-order valence-electron chi connectivity index (χ4n) is 0.584. The molecule has 0 saturated heterocycles. The van der Waals surface area contributed by atoms with E-state index in [1.54, 1.807) is 0 Å². The van der Waals surface area contributed by atoms with E-state index in [0.29, 0.717) is 0 Å². The van der Waals surface area contributed by atoms with E-state index in [1.165, 1.54) is 0 Å². The summed E-state index contributed by atoms with van der Waals surface area (Å²) in [6, 6.07) is 0. The molecule has 0 unspecified atom stereocenters. The Balaban J connectivity index is 3.04. The first-order chi connectivity index (χ1) is 6.29. The van der Waals surface area contributed by atoms with Crippen molar-refractivity contribution in [1.82, 2.24) is 10.2 Å². The van der Waals surface area contributed by atoms with Gasteiger partial charge in [0, 0.05) is 0 Å². The van der Waals surface area contributed by atoms with Gasteiger partial charge < -0.3 is 10.2 Å². The topological polar surface area (TPSA) is 64.9 Å². The van der Waals surface area contributed by atoms with Gasteiger partial charge in [-0.2, -0.15) is 22.0 Å². The monoisotopic (exact) mass is 217 g/mol. The average molecular weight is 217 g/mol. The van der Waals surface area contributed by atoms with Gasteiger partial charge in [0.05, 0.1) is 6.54 Å². The predicted octanol–water partition coefficient (Wildman–Crippen LogP) is 1.18. The molecule has 14 heavy (non-hydrogen) atoms. The molecule has 0 aliphatic rings. The Morgan fingerprint density at radius 2 is 1.71 bits per heavy atom. The highest BCUT2D eigenvalue weighted by Gasteiger charge is 2.62. The van der Waals surface area contributed by atoms with Gasteiger partial charge >= 0.3 is 12.1 Å². The van der Waals surface area contributed by atoms with Crippen LogP contribution in [0.25, 0.3) is 0 Å². The number of alkyl halides is 5. The lowest BCUT2D eigenvalue weighted by Gasteiger charge is -2.14. The van der Waals surface area contributed by atoms with Crippen LogP contribution in [-0.2, 0) is 12.5 Å². The van der Waals surface area contributed by atoms with Crippen LogP contribution in [-0.4, -0.2) is 16.4 Å². The maximum atomic E-state index is 12.5. The van der Waals surface area contributed by atoms with Gasteiger partial charge in [-0.3, -0.25) is 0 Å². The van der Waals surface area contributed by atoms with Crippen LogP contribution in [0.4, 0.5) is 22.0 Å². The molecule has 1 aromatic rings. The van der Waals surface area contributed by atoms with E-state index in [1.807, 2.05) is 0 Å². The molecule has 0 saturated carbocycles. The lowest BCUT2D eigenvalue weighted by molar-refractivity contribution is -0.297. The third kappa shape index (κ3) is 1.67. The van der Waals surface area contributed by atoms with Crippen molar-refractivity contribution in [2.24, 2.45) is 5.73 Å². The van der Waals surface area contributed by atoms with Gasteiger partial charge in [0.25, 0.3) is 5.89 Å². The van der Waals surface area contributed by atoms with Crippen LogP contribution >= 0.6 is 0 Å². The third-order valence-electron chi connectivity index (χ3n) is 1.27. The summed E-state index contributed by atoms with van der Waals surface area (Å²) < 4.78 is 64.1. The van der Waals surface area contributed by atoms with Crippen molar-refractivity contribution < 1.29 is 26.4 Å². The smallest absolute Gasteiger partial charge is 0.418 e. The Labute approximate surface area is 73.9 Å². The zero-order valence-electron chi connectivity index (χ0n) is 6.48. The normalized spacial score (nSPS) is 13.3. The number of aromatic nitrogens is 2. The molecule has 80 valence electrons. The summed E-state index contributed by atoms with van der Waals surface area (Å²) >= 11 is 0. The Hall–Kier alpha value is -1.25. The Kier molecular flexibility index (Phi) is 2.44. The number of rotatable bonds is 2. The van der Waals surface area contributed by atoms with E-state index < -0.39 is 30.4 Å². The summed E-state index contributed by atoms with van der Waals surface area (Å²) in [6.45, 7) is -0.402. The molecule has 0 bridgehead atoms. The molecule has 0 spiro atoms. The summed E-state index contributed by atoms with van der Waals surface area (Å²) in [5, 5.41) is 5.45. The van der Waals surface area contributed by atoms with Gasteiger partial charge in [0.1, 0.15) is 0 Å². The molecule has 1 rings (SSSR count). The molecule has 0 aliphatic carbocycles. The Morgan fingerprint density at radius 3 is 2.07 bits per heavy atom. The standard InChI is InChI=1S/C5H4F5N3O/c6-4(7,5(8,9)10)3-13-12-2(1-11)14-3/h1,11H2. The summed E-state index contributed by atoms with van der Waals surface area (Å²) in [5.41, 5.74) is 4.89. The molecule has 0 amide bonds. The van der Waals surface area contributed by atoms with Gasteiger partial charge in [0.2, 0.25) is 5.89 Å². The summed E-state index contributed by atoms with van der Waals surface area (Å²) in [6.07, 6.45) is -5.76. The largest absolute Gasteiger partial charge is 0.463 e. The molecule has 0 aromatic carbocycles. The first-order valence-electron chi connectivity index (χ1n) is 3.26. The van der Waals surface area contributed by atoms with Crippen LogP contribution in [0.5, 0.6) is 0 Å². The van der Waals surface area contributed by atoms with Crippen molar-refractivity contribution in [2.75, 3.05) is 0 Å². The lowest BCUT2D eigenvalue weighted by Crippen LogP contribution is -2.34. The summed E-state index contributed by atoms with van der Waals surface area (Å²) in [5.74, 6) is -7.43. The van der Waals surface area contributed by atoms with E-state index >= 15 is 0 Å². The molecule has 0 radical (unpaired) electrons. The van der Waals surface area contributed by atoms with Crippen LogP contribution in [0.15, 0.2) is 4.42 Å². The van der Waals surface area contributed by atoms with Gasteiger partial charge in [-0.25, -0.2) is 0 Å². The van der Waals surface area contributed by atoms with E-state index in [-0.39, 0.29) is 0 Å². The van der Waals surface area contributed by atoms with Crippen LogP contribution in [0.3, 0.4) is 0 Å². The Morgan fingerprint density at radius 1 is 1.14 bits per heavy atom. The molecular weight excluding hydrogens is 213 g/mol. The minimum absolute atomic E-state index is 0.402. The fraction of sp³-hybridized carbons (Fsp3) is 0.600.